The van der Waals surface area contributed by atoms with Crippen LogP contribution in [0.2, 0.25) is 0 Å². The fraction of sp³-hybridized carbons (Fsp3) is 0.0294. The van der Waals surface area contributed by atoms with Gasteiger partial charge in [-0.3, -0.25) is 0 Å². The zero-order chi connectivity index (χ0) is 48.7. The van der Waals surface area contributed by atoms with Crippen LogP contribution in [0.1, 0.15) is 45.2 Å². The van der Waals surface area contributed by atoms with E-state index in [1.807, 2.05) is 0 Å². The van der Waals surface area contributed by atoms with Gasteiger partial charge in [0, 0.05) is 76.5 Å². The van der Waals surface area contributed by atoms with Crippen molar-refractivity contribution in [3.05, 3.63) is 275 Å². The van der Waals surface area contributed by atoms with Crippen LogP contribution in [-0.2, 0) is 0 Å². The molecule has 0 aliphatic heterocycles. The highest BCUT2D eigenvalue weighted by Crippen LogP contribution is 2.57. The molecule has 0 fully saturated rings. The zero-order valence-electron chi connectivity index (χ0n) is 39.9. The fourth-order valence-corrected chi connectivity index (χ4v) is 13.5. The molecule has 4 nitrogen and oxygen atoms in total. The summed E-state index contributed by atoms with van der Waals surface area (Å²) in [6, 6.07) is 83.0. The quantitative estimate of drug-likeness (QED) is 0.152. The van der Waals surface area contributed by atoms with E-state index in [4.69, 9.17) is 19.9 Å². The van der Waals surface area contributed by atoms with Crippen molar-refractivity contribution in [2.45, 2.75) is 11.8 Å². The summed E-state index contributed by atoms with van der Waals surface area (Å²) < 4.78 is 2.57. The highest BCUT2D eigenvalue weighted by atomic mass is 32.1. The summed E-state index contributed by atoms with van der Waals surface area (Å²) in [4.78, 5) is 21.4. The second-order valence-corrected chi connectivity index (χ2v) is 21.1. The van der Waals surface area contributed by atoms with Gasteiger partial charge >= 0.3 is 0 Å². The first-order valence-corrected chi connectivity index (χ1v) is 26.8. The van der Waals surface area contributed by atoms with Crippen molar-refractivity contribution in [2.75, 3.05) is 0 Å². The summed E-state index contributed by atoms with van der Waals surface area (Å²) in [6.45, 7) is 0. The van der Waals surface area contributed by atoms with Gasteiger partial charge in [-0.1, -0.05) is 182 Å². The normalized spacial score (nSPS) is 14.2. The van der Waals surface area contributed by atoms with Crippen LogP contribution in [0.25, 0.3) is 110 Å². The monoisotopic (exact) mass is 978 g/mol. The number of rotatable bonds is 8. The molecule has 3 aliphatic rings. The van der Waals surface area contributed by atoms with E-state index >= 15 is 0 Å². The predicted octanol–water partition coefficient (Wildman–Crippen LogP) is 18.0. The van der Waals surface area contributed by atoms with Crippen LogP contribution in [0.15, 0.2) is 241 Å². The lowest BCUT2D eigenvalue weighted by atomic mass is 9.61. The molecule has 6 heteroatoms. The van der Waals surface area contributed by atoms with Crippen molar-refractivity contribution < 1.29 is 0 Å². The average molecular weight is 979 g/mol. The molecule has 0 spiro atoms. The minimum absolute atomic E-state index is 0.0344. The Labute approximate surface area is 436 Å². The molecular formula is C68H42N4S2. The number of hydrogen-bond acceptors (Lipinski definition) is 6. The molecule has 16 rings (SSSR count). The summed E-state index contributed by atoms with van der Waals surface area (Å²) in [5, 5.41) is 7.08. The van der Waals surface area contributed by atoms with Gasteiger partial charge in [0.25, 0.3) is 0 Å². The Balaban J connectivity index is 0.835. The summed E-state index contributed by atoms with van der Waals surface area (Å²) in [6.07, 6.45) is 0. The lowest BCUT2D eigenvalue weighted by Gasteiger charge is -2.42. The first-order chi connectivity index (χ1) is 36.6. The third kappa shape index (κ3) is 7.17. The van der Waals surface area contributed by atoms with Gasteiger partial charge in [-0.15, -0.1) is 22.7 Å². The minimum Gasteiger partial charge on any atom is -0.228 e. The molecule has 13 aromatic rings. The number of nitrogens with zero attached hydrogens (tertiary/aromatic N) is 4. The predicted molar refractivity (Wildman–Crippen MR) is 307 cm³/mol. The standard InChI is InChI=1S/C68H42N4S2/c1-3-15-41(16-4-1)59-37-61(45-21-13-19-43(33-45)57-39-73-63-27-11-9-23-49(57)63)71-67(69-59)47-29-31-53-55(35-47)65-51-25-7-8-26-52(51)66(53)56-36-48(30-32-54(56)65)68-70-60(42-17-5-2-6-18-42)38-62(72-68)46-22-14-20-44(34-46)58-40-74-64-28-12-10-24-50(58)64/h1-40,65-66H/t65-,66?/m1/s1. The van der Waals surface area contributed by atoms with Crippen LogP contribution < -0.4 is 0 Å². The molecule has 74 heavy (non-hydrogen) atoms. The van der Waals surface area contributed by atoms with Crippen molar-refractivity contribution >= 4 is 42.8 Å². The van der Waals surface area contributed by atoms with Gasteiger partial charge in [-0.05, 0) is 104 Å². The van der Waals surface area contributed by atoms with E-state index in [-0.39, 0.29) is 11.8 Å². The van der Waals surface area contributed by atoms with Gasteiger partial charge in [0.15, 0.2) is 11.6 Å². The molecular weight excluding hydrogens is 937 g/mol. The van der Waals surface area contributed by atoms with Crippen LogP contribution in [0.3, 0.4) is 0 Å². The van der Waals surface area contributed by atoms with Gasteiger partial charge < -0.3 is 0 Å². The van der Waals surface area contributed by atoms with Crippen LogP contribution in [0, 0.1) is 0 Å². The maximum absolute atomic E-state index is 5.39. The van der Waals surface area contributed by atoms with Crippen molar-refractivity contribution in [1.82, 2.24) is 19.9 Å². The highest BCUT2D eigenvalue weighted by Gasteiger charge is 2.41. The molecule has 4 heterocycles. The third-order valence-electron chi connectivity index (χ3n) is 15.0. The van der Waals surface area contributed by atoms with E-state index < -0.39 is 0 Å². The van der Waals surface area contributed by atoms with E-state index in [1.165, 1.54) is 75.8 Å². The molecule has 9 aromatic carbocycles. The molecule has 346 valence electrons. The van der Waals surface area contributed by atoms with Crippen molar-refractivity contribution in [3.63, 3.8) is 0 Å². The third-order valence-corrected chi connectivity index (χ3v) is 17.0. The maximum Gasteiger partial charge on any atom is 0.160 e. The maximum atomic E-state index is 5.39. The molecule has 0 N–H and O–H groups in total. The van der Waals surface area contributed by atoms with Gasteiger partial charge in [0.1, 0.15) is 0 Å². The van der Waals surface area contributed by atoms with Crippen LogP contribution in [0.4, 0.5) is 0 Å². The van der Waals surface area contributed by atoms with Gasteiger partial charge in [0.2, 0.25) is 0 Å². The SMILES string of the molecule is c1ccc(-c2cc(-c3cccc(-c4csc5ccccc45)c3)nc(-c3ccc4c(c3)C3c5ccccc5[C@H]4c4cc(-c5nc(-c6ccccc6)cc(-c6cccc(-c7csc8ccccc78)c6)n5)ccc43)n2)cc1. The average Bonchev–Trinajstić information content (AvgIpc) is 4.13. The first kappa shape index (κ1) is 42.7. The zero-order valence-corrected chi connectivity index (χ0v) is 41.5. The van der Waals surface area contributed by atoms with E-state index in [0.29, 0.717) is 11.6 Å². The Morgan fingerprint density at radius 1 is 0.257 bits per heavy atom. The second-order valence-electron chi connectivity index (χ2n) is 19.3. The molecule has 2 bridgehead atoms. The van der Waals surface area contributed by atoms with Crippen LogP contribution >= 0.6 is 22.7 Å². The van der Waals surface area contributed by atoms with E-state index in [1.54, 1.807) is 22.7 Å². The Bertz CT molecular complexity index is 4070. The topological polar surface area (TPSA) is 51.6 Å². The number of fused-ring (bicyclic) bond motifs is 2. The van der Waals surface area contributed by atoms with E-state index in [9.17, 15) is 0 Å². The largest absolute Gasteiger partial charge is 0.228 e. The van der Waals surface area contributed by atoms with Crippen molar-refractivity contribution in [2.24, 2.45) is 0 Å². The fourth-order valence-electron chi connectivity index (χ4n) is 11.6. The number of benzene rings is 9. The summed E-state index contributed by atoms with van der Waals surface area (Å²) >= 11 is 3.57. The molecule has 2 atom stereocenters. The number of hydrogen-bond donors (Lipinski definition) is 0. The second kappa shape index (κ2) is 17.4. The number of aromatic nitrogens is 4. The summed E-state index contributed by atoms with van der Waals surface area (Å²) in [7, 11) is 0. The Morgan fingerprint density at radius 3 is 1.08 bits per heavy atom. The van der Waals surface area contributed by atoms with E-state index in [0.717, 1.165) is 56.2 Å². The van der Waals surface area contributed by atoms with Gasteiger partial charge in [-0.2, -0.15) is 0 Å². The molecule has 4 aromatic heterocycles. The van der Waals surface area contributed by atoms with Crippen LogP contribution in [-0.4, -0.2) is 19.9 Å². The molecule has 1 unspecified atom stereocenters. The smallest absolute Gasteiger partial charge is 0.160 e. The Hall–Kier alpha value is -8.94. The summed E-state index contributed by atoms with van der Waals surface area (Å²) in [5.74, 6) is 1.49. The molecule has 0 saturated heterocycles. The Morgan fingerprint density at radius 2 is 0.622 bits per heavy atom. The van der Waals surface area contributed by atoms with Crippen molar-refractivity contribution in [3.8, 4) is 90.1 Å². The minimum atomic E-state index is 0.0344. The molecule has 0 saturated carbocycles. The van der Waals surface area contributed by atoms with Gasteiger partial charge in [0.05, 0.1) is 22.8 Å². The molecule has 0 amide bonds. The lowest BCUT2D eigenvalue weighted by molar-refractivity contribution is 0.754. The van der Waals surface area contributed by atoms with E-state index in [2.05, 4.69) is 241 Å². The Kier molecular flexibility index (Phi) is 10.0. The number of thiophene rings is 2. The van der Waals surface area contributed by atoms with Gasteiger partial charge in [-0.25, -0.2) is 19.9 Å². The van der Waals surface area contributed by atoms with Crippen LogP contribution in [0.5, 0.6) is 0 Å². The molecule has 0 radical (unpaired) electrons. The highest BCUT2D eigenvalue weighted by molar-refractivity contribution is 7.18. The lowest BCUT2D eigenvalue weighted by Crippen LogP contribution is -2.27. The molecule has 3 aliphatic carbocycles. The summed E-state index contributed by atoms with van der Waals surface area (Å²) in [5.41, 5.74) is 22.6. The first-order valence-electron chi connectivity index (χ1n) is 25.1. The van der Waals surface area contributed by atoms with Crippen molar-refractivity contribution in [1.29, 1.82) is 0 Å².